The summed E-state index contributed by atoms with van der Waals surface area (Å²) in [6, 6.07) is 11.2. The van der Waals surface area contributed by atoms with Gasteiger partial charge in [0.05, 0.1) is 12.3 Å². The number of thiophene rings is 1. The van der Waals surface area contributed by atoms with Gasteiger partial charge in [-0.15, -0.1) is 11.3 Å². The molecular weight excluding hydrogens is 324 g/mol. The Morgan fingerprint density at radius 1 is 1.17 bits per heavy atom. The second-order valence-corrected chi connectivity index (χ2v) is 6.77. The topological polar surface area (TPSA) is 67.4 Å². The van der Waals surface area contributed by atoms with Crippen LogP contribution >= 0.6 is 11.3 Å². The van der Waals surface area contributed by atoms with Crippen molar-refractivity contribution in [3.63, 3.8) is 0 Å². The van der Waals surface area contributed by atoms with Crippen LogP contribution in [0, 0.1) is 0 Å². The number of anilines is 1. The van der Waals surface area contributed by atoms with E-state index in [1.54, 1.807) is 29.5 Å². The van der Waals surface area contributed by atoms with Gasteiger partial charge in [0, 0.05) is 16.8 Å². The molecule has 0 spiro atoms. The molecule has 0 bridgehead atoms. The molecule has 1 aliphatic rings. The van der Waals surface area contributed by atoms with Gasteiger partial charge in [-0.1, -0.05) is 18.2 Å². The molecule has 0 radical (unpaired) electrons. The van der Waals surface area contributed by atoms with Gasteiger partial charge in [-0.05, 0) is 43.3 Å². The van der Waals surface area contributed by atoms with E-state index in [1.807, 2.05) is 24.4 Å². The monoisotopic (exact) mass is 344 g/mol. The smallest absolute Gasteiger partial charge is 0.313 e. The van der Waals surface area contributed by atoms with Crippen LogP contribution in [0.15, 0.2) is 41.8 Å². The van der Waals surface area contributed by atoms with E-state index in [1.165, 1.54) is 4.88 Å². The van der Waals surface area contributed by atoms with Gasteiger partial charge in [-0.2, -0.15) is 0 Å². The molecule has 5 nitrogen and oxygen atoms in total. The van der Waals surface area contributed by atoms with Crippen molar-refractivity contribution in [3.8, 4) is 5.75 Å². The first-order valence-corrected chi connectivity index (χ1v) is 8.87. The molecule has 3 rings (SSSR count). The number of amides is 2. The van der Waals surface area contributed by atoms with Gasteiger partial charge in [0.15, 0.2) is 0 Å². The third kappa shape index (κ3) is 3.59. The standard InChI is InChI=1S/C18H20N2O3S/c1-2-23-14-7-4-3-6-13(14)20-17(22)16(21)19-12-18(9-10-18)15-8-5-11-24-15/h3-8,11H,2,9-10,12H2,1H3,(H,19,21)(H,20,22). The predicted octanol–water partition coefficient (Wildman–Crippen LogP) is 2.93. The van der Waals surface area contributed by atoms with Crippen molar-refractivity contribution >= 4 is 28.8 Å². The van der Waals surface area contributed by atoms with Crippen LogP contribution in [0.1, 0.15) is 24.6 Å². The van der Waals surface area contributed by atoms with Crippen molar-refractivity contribution in [1.29, 1.82) is 0 Å². The van der Waals surface area contributed by atoms with Crippen molar-refractivity contribution in [2.24, 2.45) is 0 Å². The third-order valence-corrected chi connectivity index (χ3v) is 5.24. The Morgan fingerprint density at radius 3 is 2.62 bits per heavy atom. The second kappa shape index (κ2) is 7.05. The van der Waals surface area contributed by atoms with Crippen molar-refractivity contribution in [3.05, 3.63) is 46.7 Å². The lowest BCUT2D eigenvalue weighted by Gasteiger charge is -2.15. The van der Waals surface area contributed by atoms with Gasteiger partial charge in [0.25, 0.3) is 0 Å². The number of nitrogens with one attached hydrogen (secondary N) is 2. The van der Waals surface area contributed by atoms with Crippen LogP contribution in [0.2, 0.25) is 0 Å². The van der Waals surface area contributed by atoms with Crippen LogP contribution < -0.4 is 15.4 Å². The number of hydrogen-bond acceptors (Lipinski definition) is 4. The number of para-hydroxylation sites is 2. The Bertz CT molecular complexity index is 724. The summed E-state index contributed by atoms with van der Waals surface area (Å²) in [6.45, 7) is 2.85. The molecule has 1 heterocycles. The number of hydrogen-bond donors (Lipinski definition) is 2. The number of rotatable bonds is 6. The fourth-order valence-corrected chi connectivity index (χ4v) is 3.59. The van der Waals surface area contributed by atoms with E-state index in [4.69, 9.17) is 4.74 Å². The fraction of sp³-hybridized carbons (Fsp3) is 0.333. The lowest BCUT2D eigenvalue weighted by Crippen LogP contribution is -2.39. The zero-order valence-corrected chi connectivity index (χ0v) is 14.3. The molecule has 0 aliphatic heterocycles. The maximum atomic E-state index is 12.1. The minimum absolute atomic E-state index is 0.0212. The first kappa shape index (κ1) is 16.5. The highest BCUT2D eigenvalue weighted by Gasteiger charge is 2.45. The van der Waals surface area contributed by atoms with Gasteiger partial charge < -0.3 is 15.4 Å². The molecule has 2 aromatic rings. The molecule has 1 aromatic carbocycles. The second-order valence-electron chi connectivity index (χ2n) is 5.82. The summed E-state index contributed by atoms with van der Waals surface area (Å²) in [5.41, 5.74) is 0.520. The fourth-order valence-electron chi connectivity index (χ4n) is 2.60. The van der Waals surface area contributed by atoms with E-state index in [9.17, 15) is 9.59 Å². The van der Waals surface area contributed by atoms with Crippen molar-refractivity contribution < 1.29 is 14.3 Å². The van der Waals surface area contributed by atoms with E-state index in [-0.39, 0.29) is 5.41 Å². The molecule has 1 fully saturated rings. The molecule has 0 saturated heterocycles. The lowest BCUT2D eigenvalue weighted by atomic mass is 10.1. The van der Waals surface area contributed by atoms with Crippen LogP contribution in [-0.2, 0) is 15.0 Å². The highest BCUT2D eigenvalue weighted by Crippen LogP contribution is 2.49. The number of carbonyl (C=O) groups excluding carboxylic acids is 2. The molecule has 126 valence electrons. The average Bonchev–Trinajstić information content (AvgIpc) is 3.17. The average molecular weight is 344 g/mol. The molecule has 2 N–H and O–H groups in total. The normalized spacial score (nSPS) is 14.7. The lowest BCUT2D eigenvalue weighted by molar-refractivity contribution is -0.136. The Hall–Kier alpha value is -2.34. The van der Waals surface area contributed by atoms with Crippen LogP contribution in [0.25, 0.3) is 0 Å². The molecule has 1 aromatic heterocycles. The number of benzene rings is 1. The Morgan fingerprint density at radius 2 is 1.96 bits per heavy atom. The molecule has 1 aliphatic carbocycles. The molecule has 0 atom stereocenters. The zero-order valence-electron chi connectivity index (χ0n) is 13.5. The Labute approximate surface area is 145 Å². The van der Waals surface area contributed by atoms with E-state index in [0.717, 1.165) is 12.8 Å². The predicted molar refractivity (Wildman–Crippen MR) is 94.5 cm³/mol. The summed E-state index contributed by atoms with van der Waals surface area (Å²) in [5.74, 6) is -0.744. The van der Waals surface area contributed by atoms with E-state index in [2.05, 4.69) is 16.7 Å². The summed E-state index contributed by atoms with van der Waals surface area (Å²) >= 11 is 1.69. The Kier molecular flexibility index (Phi) is 4.85. The zero-order chi connectivity index (χ0) is 17.0. The first-order valence-electron chi connectivity index (χ1n) is 7.99. The van der Waals surface area contributed by atoms with Gasteiger partial charge in [-0.25, -0.2) is 0 Å². The molecule has 0 unspecified atom stereocenters. The molecule has 1 saturated carbocycles. The van der Waals surface area contributed by atoms with Crippen LogP contribution in [-0.4, -0.2) is 25.0 Å². The van der Waals surface area contributed by atoms with Crippen LogP contribution in [0.5, 0.6) is 5.75 Å². The molecular formula is C18H20N2O3S. The summed E-state index contributed by atoms with van der Waals surface area (Å²) in [4.78, 5) is 25.5. The third-order valence-electron chi connectivity index (χ3n) is 4.13. The van der Waals surface area contributed by atoms with Gasteiger partial charge in [0.1, 0.15) is 5.75 Å². The highest BCUT2D eigenvalue weighted by molar-refractivity contribution is 7.10. The summed E-state index contributed by atoms with van der Waals surface area (Å²) in [6.07, 6.45) is 2.09. The van der Waals surface area contributed by atoms with E-state index >= 15 is 0 Å². The number of ether oxygens (including phenoxy) is 1. The van der Waals surface area contributed by atoms with Crippen molar-refractivity contribution in [1.82, 2.24) is 5.32 Å². The highest BCUT2D eigenvalue weighted by atomic mass is 32.1. The summed E-state index contributed by atoms with van der Waals surface area (Å²) in [5, 5.41) is 7.41. The summed E-state index contributed by atoms with van der Waals surface area (Å²) in [7, 11) is 0. The van der Waals surface area contributed by atoms with Crippen LogP contribution in [0.3, 0.4) is 0 Å². The Balaban J connectivity index is 1.57. The molecule has 24 heavy (non-hydrogen) atoms. The van der Waals surface area contributed by atoms with Crippen molar-refractivity contribution in [2.45, 2.75) is 25.2 Å². The SMILES string of the molecule is CCOc1ccccc1NC(=O)C(=O)NCC1(c2cccs2)CC1. The van der Waals surface area contributed by atoms with E-state index in [0.29, 0.717) is 24.6 Å². The quantitative estimate of drug-likeness (QED) is 0.792. The van der Waals surface area contributed by atoms with Gasteiger partial charge in [-0.3, -0.25) is 9.59 Å². The number of carbonyl (C=O) groups is 2. The van der Waals surface area contributed by atoms with Gasteiger partial charge in [0.2, 0.25) is 0 Å². The van der Waals surface area contributed by atoms with Crippen LogP contribution in [0.4, 0.5) is 5.69 Å². The first-order chi connectivity index (χ1) is 11.6. The molecule has 2 amide bonds. The maximum Gasteiger partial charge on any atom is 0.313 e. The summed E-state index contributed by atoms with van der Waals surface area (Å²) < 4.78 is 5.45. The maximum absolute atomic E-state index is 12.1. The largest absolute Gasteiger partial charge is 0.492 e. The van der Waals surface area contributed by atoms with Gasteiger partial charge >= 0.3 is 11.8 Å². The van der Waals surface area contributed by atoms with E-state index < -0.39 is 11.8 Å². The minimum atomic E-state index is -0.677. The van der Waals surface area contributed by atoms with Crippen molar-refractivity contribution in [2.75, 3.05) is 18.5 Å². The molecule has 6 heteroatoms. The minimum Gasteiger partial charge on any atom is -0.492 e.